The lowest BCUT2D eigenvalue weighted by molar-refractivity contribution is 0.0137. The second-order valence-corrected chi connectivity index (χ2v) is 19.8. The molecule has 8 aromatic rings. The van der Waals surface area contributed by atoms with Crippen molar-refractivity contribution in [1.82, 2.24) is 25.1 Å². The predicted octanol–water partition coefficient (Wildman–Crippen LogP) is 10.8. The summed E-state index contributed by atoms with van der Waals surface area (Å²) in [4.78, 5) is 49.7. The number of rotatable bonds is 23. The second-order valence-electron chi connectivity index (χ2n) is 17.5. The van der Waals surface area contributed by atoms with Gasteiger partial charge in [-0.05, 0) is 78.6 Å². The number of ether oxygens (including phenoxy) is 5. The predicted molar refractivity (Wildman–Crippen MR) is 287 cm³/mol. The summed E-state index contributed by atoms with van der Waals surface area (Å²) in [6.45, 7) is 3.28. The standard InChI is InChI=1S/C55H49N7O10S3/c63-38-15-18-43-46(31-38)71-47-32-39(64)16-19-44(47)55(43)42-17-10-34(30-41(42)52(67)72-55)29-40(73)9-4-5-22-68-24-26-70-27-25-69-23-6-20-56-50(65)37-13-11-35(12-14-37)45-33-75-54(58-45)62-51(66)49(59-60-53-57-21-28-74-53)48(61-62)36-7-2-1-3-8-36/h1-3,7-8,10-19,21,28,30-33,61,63-64H,4-6,9,20,22-27,29H2,(H,56,65). The largest absolute Gasteiger partial charge is 0.508 e. The molecule has 75 heavy (non-hydrogen) atoms. The summed E-state index contributed by atoms with van der Waals surface area (Å²) in [7, 11) is 0. The molecule has 10 rings (SSSR count). The van der Waals surface area contributed by atoms with Gasteiger partial charge in [-0.25, -0.2) is 14.8 Å². The fourth-order valence-electron chi connectivity index (χ4n) is 8.84. The van der Waals surface area contributed by atoms with Crippen LogP contribution in [0.1, 0.15) is 68.7 Å². The maximum Gasteiger partial charge on any atom is 0.340 e. The third-order valence-electron chi connectivity index (χ3n) is 12.4. The number of nitrogens with zero attached hydrogens (tertiary/aromatic N) is 5. The number of aromatic amines is 1. The van der Waals surface area contributed by atoms with Crippen molar-refractivity contribution in [3.8, 4) is 50.6 Å². The van der Waals surface area contributed by atoms with E-state index in [1.807, 2.05) is 66.0 Å². The molecule has 0 bridgehead atoms. The van der Waals surface area contributed by atoms with Gasteiger partial charge in [0.25, 0.3) is 5.91 Å². The normalized spacial score (nSPS) is 13.1. The number of fused-ring (bicyclic) bond motifs is 6. The van der Waals surface area contributed by atoms with Crippen LogP contribution in [-0.4, -0.2) is 92.9 Å². The molecule has 5 heterocycles. The van der Waals surface area contributed by atoms with E-state index in [2.05, 4.69) is 25.6 Å². The van der Waals surface area contributed by atoms with Gasteiger partial charge in [-0.1, -0.05) is 66.8 Å². The average molecular weight is 1060 g/mol. The number of hydrogen-bond acceptors (Lipinski definition) is 17. The fourth-order valence-corrected chi connectivity index (χ4v) is 10.4. The first-order valence-corrected chi connectivity index (χ1v) is 26.3. The van der Waals surface area contributed by atoms with E-state index in [4.69, 9.17) is 40.9 Å². The zero-order valence-electron chi connectivity index (χ0n) is 40.2. The lowest BCUT2D eigenvalue weighted by Gasteiger charge is -2.36. The van der Waals surface area contributed by atoms with Crippen molar-refractivity contribution in [3.63, 3.8) is 0 Å². The number of thiocarbonyl (C=S) groups is 1. The van der Waals surface area contributed by atoms with Crippen molar-refractivity contribution in [3.05, 3.63) is 170 Å². The van der Waals surface area contributed by atoms with E-state index in [1.54, 1.807) is 35.8 Å². The molecular weight excluding hydrogens is 1010 g/mol. The van der Waals surface area contributed by atoms with E-state index >= 15 is 0 Å². The summed E-state index contributed by atoms with van der Waals surface area (Å²) >= 11 is 8.35. The molecule has 2 aliphatic heterocycles. The van der Waals surface area contributed by atoms with Gasteiger partial charge in [-0.2, -0.15) is 4.68 Å². The fraction of sp³-hybridized carbons (Fsp3) is 0.236. The Balaban J connectivity index is 0.585. The Morgan fingerprint density at radius 1 is 0.773 bits per heavy atom. The smallest absolute Gasteiger partial charge is 0.340 e. The van der Waals surface area contributed by atoms with Gasteiger partial charge < -0.3 is 39.2 Å². The number of phenolic OH excluding ortho intramolecular Hbond substituents is 2. The number of carbonyl (C=O) groups is 2. The average Bonchev–Trinajstić information content (AvgIpc) is 4.25. The van der Waals surface area contributed by atoms with E-state index in [0.29, 0.717) is 120 Å². The summed E-state index contributed by atoms with van der Waals surface area (Å²) in [6.07, 6.45) is 5.23. The Labute approximate surface area is 443 Å². The monoisotopic (exact) mass is 1060 g/mol. The number of thiazole rings is 2. The van der Waals surface area contributed by atoms with Crippen molar-refractivity contribution in [2.75, 3.05) is 46.2 Å². The molecule has 4 N–H and O–H groups in total. The lowest BCUT2D eigenvalue weighted by Crippen LogP contribution is -2.32. The van der Waals surface area contributed by atoms with Crippen LogP contribution in [0.3, 0.4) is 0 Å². The van der Waals surface area contributed by atoms with Crippen molar-refractivity contribution in [1.29, 1.82) is 0 Å². The number of esters is 1. The molecule has 3 aromatic heterocycles. The van der Waals surface area contributed by atoms with Crippen LogP contribution in [0.5, 0.6) is 23.0 Å². The topological polar surface area (TPSA) is 221 Å². The molecule has 0 fully saturated rings. The van der Waals surface area contributed by atoms with E-state index in [9.17, 15) is 24.6 Å². The number of benzene rings is 5. The highest BCUT2D eigenvalue weighted by Crippen LogP contribution is 2.57. The maximum absolute atomic E-state index is 13.6. The highest BCUT2D eigenvalue weighted by atomic mass is 32.1. The summed E-state index contributed by atoms with van der Waals surface area (Å²) in [6, 6.07) is 31.6. The van der Waals surface area contributed by atoms with Gasteiger partial charge in [-0.3, -0.25) is 14.7 Å². The van der Waals surface area contributed by atoms with Crippen LogP contribution in [0.25, 0.3) is 27.6 Å². The number of azo groups is 1. The van der Waals surface area contributed by atoms with Gasteiger partial charge in [0.05, 0.1) is 43.4 Å². The lowest BCUT2D eigenvalue weighted by atomic mass is 9.77. The number of aromatic nitrogens is 4. The number of carbonyl (C=O) groups excluding carboxylic acids is 2. The maximum atomic E-state index is 13.6. The number of hydrogen-bond donors (Lipinski definition) is 4. The first-order chi connectivity index (χ1) is 36.6. The molecular formula is C55H49N7O10S3. The van der Waals surface area contributed by atoms with E-state index in [0.717, 1.165) is 40.8 Å². The van der Waals surface area contributed by atoms with Crippen LogP contribution in [-0.2, 0) is 31.0 Å². The molecule has 382 valence electrons. The summed E-state index contributed by atoms with van der Waals surface area (Å²) in [5, 5.41) is 39.4. The first-order valence-electron chi connectivity index (χ1n) is 24.2. The Hall–Kier alpha value is -7.72. The zero-order valence-corrected chi connectivity index (χ0v) is 42.7. The third-order valence-corrected chi connectivity index (χ3v) is 14.3. The highest BCUT2D eigenvalue weighted by Gasteiger charge is 2.53. The molecule has 0 aliphatic carbocycles. The minimum atomic E-state index is -1.30. The van der Waals surface area contributed by atoms with Gasteiger partial charge >= 0.3 is 11.5 Å². The molecule has 17 nitrogen and oxygen atoms in total. The SMILES string of the molecule is O=C(NCCCOCCOCCOCCCCC(=S)Cc1ccc2c(c1)C(=O)OC21c2ccc(O)cc2Oc2cc(O)ccc21)c1ccc(-c2csc(-n3[nH]c(-c4ccccc4)c(N=Nc4nccs4)c3=O)n2)cc1. The Kier molecular flexibility index (Phi) is 15.7. The number of H-pyrrole nitrogens is 1. The van der Waals surface area contributed by atoms with Gasteiger partial charge in [0.1, 0.15) is 23.0 Å². The van der Waals surface area contributed by atoms with Crippen LogP contribution in [0.15, 0.2) is 141 Å². The third kappa shape index (κ3) is 11.4. The van der Waals surface area contributed by atoms with Gasteiger partial charge in [0.15, 0.2) is 11.3 Å². The van der Waals surface area contributed by atoms with Crippen LogP contribution in [0.4, 0.5) is 10.8 Å². The minimum absolute atomic E-state index is 0.000681. The van der Waals surface area contributed by atoms with Crippen molar-refractivity contribution >= 4 is 62.5 Å². The van der Waals surface area contributed by atoms with Crippen molar-refractivity contribution in [2.45, 2.75) is 37.7 Å². The molecule has 20 heteroatoms. The summed E-state index contributed by atoms with van der Waals surface area (Å²) in [5.41, 5.74) is 4.84. The van der Waals surface area contributed by atoms with Crippen LogP contribution < -0.4 is 15.6 Å². The van der Waals surface area contributed by atoms with Gasteiger partial charge in [0, 0.05) is 88.6 Å². The molecule has 0 saturated heterocycles. The molecule has 5 aromatic carbocycles. The number of nitrogens with one attached hydrogen (secondary N) is 2. The quantitative estimate of drug-likeness (QED) is 0.0203. The second kappa shape index (κ2) is 23.2. The minimum Gasteiger partial charge on any atom is -0.508 e. The number of phenols is 2. The number of unbranched alkanes of at least 4 members (excludes halogenated alkanes) is 1. The molecule has 1 amide bonds. The Morgan fingerprint density at radius 3 is 2.17 bits per heavy atom. The molecule has 0 unspecified atom stereocenters. The van der Waals surface area contributed by atoms with Crippen LogP contribution >= 0.6 is 34.9 Å². The Morgan fingerprint density at radius 2 is 1.47 bits per heavy atom. The summed E-state index contributed by atoms with van der Waals surface area (Å²) < 4.78 is 30.7. The molecule has 0 atom stereocenters. The van der Waals surface area contributed by atoms with Crippen molar-refractivity contribution in [2.24, 2.45) is 10.2 Å². The molecule has 0 radical (unpaired) electrons. The highest BCUT2D eigenvalue weighted by molar-refractivity contribution is 7.80. The molecule has 0 saturated carbocycles. The Bertz CT molecular complexity index is 3380. The van der Waals surface area contributed by atoms with E-state index in [1.165, 1.54) is 51.6 Å². The number of aromatic hydroxyl groups is 2. The first kappa shape index (κ1) is 50.8. The zero-order chi connectivity index (χ0) is 51.7. The van der Waals surface area contributed by atoms with Crippen molar-refractivity contribution < 1.29 is 43.5 Å². The van der Waals surface area contributed by atoms with E-state index < -0.39 is 17.1 Å². The summed E-state index contributed by atoms with van der Waals surface area (Å²) in [5.74, 6) is -0.0109. The van der Waals surface area contributed by atoms with Crippen LogP contribution in [0, 0.1) is 0 Å². The van der Waals surface area contributed by atoms with E-state index in [-0.39, 0.29) is 23.1 Å². The van der Waals surface area contributed by atoms with Gasteiger partial charge in [-0.15, -0.1) is 32.9 Å². The number of amides is 1. The molecule has 1 spiro atoms. The molecule has 2 aliphatic rings. The van der Waals surface area contributed by atoms with Gasteiger partial charge in [0.2, 0.25) is 10.3 Å². The van der Waals surface area contributed by atoms with Crippen LogP contribution in [0.2, 0.25) is 0 Å².